The molecule has 1 aliphatic rings. The van der Waals surface area contributed by atoms with Gasteiger partial charge >= 0.3 is 0 Å². The van der Waals surface area contributed by atoms with Crippen LogP contribution >= 0.6 is 0 Å². The lowest BCUT2D eigenvalue weighted by atomic mass is 9.89. The van der Waals surface area contributed by atoms with Gasteiger partial charge in [0.25, 0.3) is 0 Å². The Morgan fingerprint density at radius 2 is 1.93 bits per heavy atom. The minimum Gasteiger partial charge on any atom is -0.393 e. The van der Waals surface area contributed by atoms with Gasteiger partial charge in [-0.05, 0) is 56.9 Å². The number of hydrogen-bond donors (Lipinski definition) is 3. The molecule has 1 aromatic rings. The van der Waals surface area contributed by atoms with Crippen LogP contribution in [0.15, 0.2) is 54.6 Å². The van der Waals surface area contributed by atoms with E-state index in [-0.39, 0.29) is 17.7 Å². The number of unbranched alkanes of at least 4 members (excludes halogenated alkanes) is 2. The molecular formula is C25H36NO3. The van der Waals surface area contributed by atoms with Gasteiger partial charge in [0.05, 0.1) is 12.2 Å². The maximum Gasteiger partial charge on any atom is 0.219 e. The number of amides is 1. The molecule has 0 saturated heterocycles. The molecule has 1 amide bonds. The van der Waals surface area contributed by atoms with Crippen molar-refractivity contribution in [3.63, 3.8) is 0 Å². The van der Waals surface area contributed by atoms with E-state index in [1.807, 2.05) is 19.1 Å². The van der Waals surface area contributed by atoms with E-state index in [1.54, 1.807) is 0 Å². The molecule has 4 atom stereocenters. The number of nitrogens with one attached hydrogen (secondary N) is 1. The van der Waals surface area contributed by atoms with Gasteiger partial charge in [-0.2, -0.15) is 0 Å². The van der Waals surface area contributed by atoms with E-state index in [1.165, 1.54) is 5.56 Å². The van der Waals surface area contributed by atoms with Crippen LogP contribution in [0.25, 0.3) is 0 Å². The Kier molecular flexibility index (Phi) is 10.7. The largest absolute Gasteiger partial charge is 0.393 e. The van der Waals surface area contributed by atoms with Gasteiger partial charge in [0.2, 0.25) is 5.91 Å². The zero-order valence-corrected chi connectivity index (χ0v) is 17.5. The third-order valence-corrected chi connectivity index (χ3v) is 5.55. The Balaban J connectivity index is 1.71. The summed E-state index contributed by atoms with van der Waals surface area (Å²) in [5.41, 5.74) is 1.32. The first-order valence-electron chi connectivity index (χ1n) is 10.9. The van der Waals surface area contributed by atoms with Gasteiger partial charge < -0.3 is 15.5 Å². The third kappa shape index (κ3) is 8.55. The van der Waals surface area contributed by atoms with Crippen molar-refractivity contribution in [1.29, 1.82) is 0 Å². The average molecular weight is 399 g/mol. The predicted octanol–water partition coefficient (Wildman–Crippen LogP) is 3.99. The summed E-state index contributed by atoms with van der Waals surface area (Å²) < 4.78 is 0. The highest BCUT2D eigenvalue weighted by Crippen LogP contribution is 2.36. The maximum atomic E-state index is 11.4. The zero-order valence-electron chi connectivity index (χ0n) is 17.5. The Morgan fingerprint density at radius 3 is 2.69 bits per heavy atom. The second-order valence-electron chi connectivity index (χ2n) is 7.81. The number of hydrogen-bond acceptors (Lipinski definition) is 3. The monoisotopic (exact) mass is 398 g/mol. The lowest BCUT2D eigenvalue weighted by Crippen LogP contribution is -2.21. The molecule has 0 aromatic heterocycles. The van der Waals surface area contributed by atoms with Gasteiger partial charge in [-0.1, -0.05) is 54.6 Å². The van der Waals surface area contributed by atoms with Crippen molar-refractivity contribution in [1.82, 2.24) is 5.32 Å². The predicted molar refractivity (Wildman–Crippen MR) is 118 cm³/mol. The van der Waals surface area contributed by atoms with Gasteiger partial charge in [-0.25, -0.2) is 0 Å². The molecule has 0 spiro atoms. The quantitative estimate of drug-likeness (QED) is 0.368. The molecule has 1 aromatic carbocycles. The van der Waals surface area contributed by atoms with Crippen LogP contribution in [0, 0.1) is 18.3 Å². The van der Waals surface area contributed by atoms with Crippen LogP contribution in [0.4, 0.5) is 0 Å². The standard InChI is InChI=1S/C25H36NO3/c1-2-26-25(29)18-12-4-3-10-16-21-22(24(28)19-23(21)27)17-11-6-9-15-20-13-7-5-8-14-20/h3,5-8,10-11,13-14,17,21-24,27-28H,2,4,9,12,15-16,18-19H2,1H3,(H,26,29)/b10-3-,17-11+/t21-,22-,23+,24-/m1/s1. The van der Waals surface area contributed by atoms with Crippen molar-refractivity contribution in [3.8, 4) is 0 Å². The summed E-state index contributed by atoms with van der Waals surface area (Å²) in [6.45, 7) is 2.60. The maximum absolute atomic E-state index is 11.4. The Labute approximate surface area is 175 Å². The number of benzene rings is 1. The van der Waals surface area contributed by atoms with Gasteiger partial charge in [-0.3, -0.25) is 4.79 Å². The van der Waals surface area contributed by atoms with E-state index in [2.05, 4.69) is 54.2 Å². The Bertz CT molecular complexity index is 641. The molecule has 0 bridgehead atoms. The highest BCUT2D eigenvalue weighted by molar-refractivity contribution is 5.75. The lowest BCUT2D eigenvalue weighted by molar-refractivity contribution is -0.121. The number of aliphatic hydroxyl groups excluding tert-OH is 2. The van der Waals surface area contributed by atoms with Crippen LogP contribution in [0.5, 0.6) is 0 Å². The van der Waals surface area contributed by atoms with E-state index in [0.717, 1.165) is 32.1 Å². The van der Waals surface area contributed by atoms with Crippen LogP contribution in [0.2, 0.25) is 0 Å². The van der Waals surface area contributed by atoms with Crippen molar-refractivity contribution < 1.29 is 15.0 Å². The fourth-order valence-electron chi connectivity index (χ4n) is 3.94. The molecule has 0 unspecified atom stereocenters. The third-order valence-electron chi connectivity index (χ3n) is 5.55. The summed E-state index contributed by atoms with van der Waals surface area (Å²) in [6, 6.07) is 10.4. The first-order valence-corrected chi connectivity index (χ1v) is 10.9. The number of aryl methyl sites for hydroxylation is 1. The van der Waals surface area contributed by atoms with Crippen molar-refractivity contribution in [3.05, 3.63) is 66.6 Å². The number of allylic oxidation sites excluding steroid dienone is 3. The Morgan fingerprint density at radius 1 is 1.14 bits per heavy atom. The summed E-state index contributed by atoms with van der Waals surface area (Å²) in [5.74, 6) is 0.130. The van der Waals surface area contributed by atoms with Crippen LogP contribution in [0.1, 0.15) is 51.0 Å². The Hall–Kier alpha value is -1.91. The molecule has 29 heavy (non-hydrogen) atoms. The molecule has 1 saturated carbocycles. The van der Waals surface area contributed by atoms with Gasteiger partial charge in [-0.15, -0.1) is 0 Å². The molecule has 2 rings (SSSR count). The molecule has 159 valence electrons. The highest BCUT2D eigenvalue weighted by Gasteiger charge is 2.39. The number of aliphatic hydroxyl groups is 2. The van der Waals surface area contributed by atoms with Crippen molar-refractivity contribution in [2.75, 3.05) is 6.54 Å². The molecule has 0 aliphatic heterocycles. The molecule has 3 N–H and O–H groups in total. The zero-order chi connectivity index (χ0) is 20.9. The van der Waals surface area contributed by atoms with Crippen molar-refractivity contribution in [2.24, 2.45) is 11.8 Å². The first-order chi connectivity index (χ1) is 14.1. The summed E-state index contributed by atoms with van der Waals surface area (Å²) >= 11 is 0. The molecule has 1 fully saturated rings. The SMILES string of the molecule is CCNC(=O)CCC/C=C\C[C@@H]1[C@@H](/C=C/[CH]CCc2ccccc2)[C@H](O)C[C@@H]1O. The van der Waals surface area contributed by atoms with E-state index in [9.17, 15) is 15.0 Å². The van der Waals surface area contributed by atoms with E-state index in [0.29, 0.717) is 19.4 Å². The fourth-order valence-corrected chi connectivity index (χ4v) is 3.94. The van der Waals surface area contributed by atoms with Crippen LogP contribution in [-0.4, -0.2) is 34.9 Å². The molecule has 0 heterocycles. The van der Waals surface area contributed by atoms with E-state index in [4.69, 9.17) is 0 Å². The molecule has 4 heteroatoms. The van der Waals surface area contributed by atoms with Gasteiger partial charge in [0, 0.05) is 25.3 Å². The number of rotatable bonds is 12. The summed E-state index contributed by atoms with van der Waals surface area (Å²) in [5, 5.41) is 23.4. The van der Waals surface area contributed by atoms with Crippen molar-refractivity contribution >= 4 is 5.91 Å². The normalized spacial score (nSPS) is 24.5. The van der Waals surface area contributed by atoms with Crippen LogP contribution in [-0.2, 0) is 11.2 Å². The molecule has 1 radical (unpaired) electrons. The van der Waals surface area contributed by atoms with E-state index < -0.39 is 12.2 Å². The van der Waals surface area contributed by atoms with Crippen LogP contribution in [0.3, 0.4) is 0 Å². The molecular weight excluding hydrogens is 362 g/mol. The highest BCUT2D eigenvalue weighted by atomic mass is 16.3. The molecule has 4 nitrogen and oxygen atoms in total. The fraction of sp³-hybridized carbons (Fsp3) is 0.520. The minimum absolute atomic E-state index is 0.0158. The van der Waals surface area contributed by atoms with Gasteiger partial charge in [0.1, 0.15) is 0 Å². The first kappa shape index (κ1) is 23.4. The summed E-state index contributed by atoms with van der Waals surface area (Å²) in [4.78, 5) is 11.4. The summed E-state index contributed by atoms with van der Waals surface area (Å²) in [7, 11) is 0. The lowest BCUT2D eigenvalue weighted by Gasteiger charge is -2.19. The number of carbonyl (C=O) groups is 1. The smallest absolute Gasteiger partial charge is 0.219 e. The summed E-state index contributed by atoms with van der Waals surface area (Å²) in [6.07, 6.45) is 14.8. The topological polar surface area (TPSA) is 69.6 Å². The minimum atomic E-state index is -0.486. The van der Waals surface area contributed by atoms with Crippen molar-refractivity contribution in [2.45, 2.75) is 64.1 Å². The second kappa shape index (κ2) is 13.3. The second-order valence-corrected chi connectivity index (χ2v) is 7.81. The average Bonchev–Trinajstić information content (AvgIpc) is 2.98. The van der Waals surface area contributed by atoms with Crippen LogP contribution < -0.4 is 5.32 Å². The van der Waals surface area contributed by atoms with Gasteiger partial charge in [0.15, 0.2) is 0 Å². The molecule has 1 aliphatic carbocycles. The van der Waals surface area contributed by atoms with E-state index >= 15 is 0 Å². The number of carbonyl (C=O) groups excluding carboxylic acids is 1.